The largest absolute Gasteiger partial charge is 0.326 e. The highest BCUT2D eigenvalue weighted by Crippen LogP contribution is 2.39. The van der Waals surface area contributed by atoms with Gasteiger partial charge in [0.05, 0.1) is 6.67 Å². The summed E-state index contributed by atoms with van der Waals surface area (Å²) in [6.07, 6.45) is 7.24. The second-order valence-corrected chi connectivity index (χ2v) is 7.25. The minimum absolute atomic E-state index is 0.0626. The van der Waals surface area contributed by atoms with Gasteiger partial charge in [0.2, 0.25) is 0 Å². The third kappa shape index (κ3) is 2.51. The number of nitrogens with one attached hydrogen (secondary N) is 1. The molecule has 2 aliphatic heterocycles. The van der Waals surface area contributed by atoms with Crippen molar-refractivity contribution in [1.29, 1.82) is 0 Å². The van der Waals surface area contributed by atoms with Gasteiger partial charge in [0.15, 0.2) is 0 Å². The minimum Gasteiger partial charge on any atom is -0.319 e. The van der Waals surface area contributed by atoms with Crippen LogP contribution < -0.4 is 5.32 Å². The molecule has 2 heterocycles. The van der Waals surface area contributed by atoms with Gasteiger partial charge in [-0.2, -0.15) is 0 Å². The van der Waals surface area contributed by atoms with Gasteiger partial charge in [0.1, 0.15) is 5.54 Å². The maximum Gasteiger partial charge on any atom is 0.326 e. The molecule has 5 heteroatoms. The number of carbonyl (C=O) groups is 2. The molecule has 2 fully saturated rings. The molecule has 1 atom stereocenters. The van der Waals surface area contributed by atoms with Crippen LogP contribution in [0.2, 0.25) is 0 Å². The van der Waals surface area contributed by atoms with Crippen molar-refractivity contribution in [2.75, 3.05) is 19.8 Å². The monoisotopic (exact) mass is 327 g/mol. The van der Waals surface area contributed by atoms with Crippen molar-refractivity contribution in [2.45, 2.75) is 50.5 Å². The first-order valence-electron chi connectivity index (χ1n) is 9.15. The van der Waals surface area contributed by atoms with Crippen LogP contribution >= 0.6 is 0 Å². The summed E-state index contributed by atoms with van der Waals surface area (Å²) in [4.78, 5) is 29.6. The maximum atomic E-state index is 13.3. The average Bonchev–Trinajstić information content (AvgIpc) is 2.76. The van der Waals surface area contributed by atoms with E-state index in [1.165, 1.54) is 16.9 Å². The second kappa shape index (κ2) is 6.20. The number of amides is 3. The molecule has 1 unspecified atom stereocenters. The molecule has 0 bridgehead atoms. The second-order valence-electron chi connectivity index (χ2n) is 7.25. The van der Waals surface area contributed by atoms with Gasteiger partial charge in [0.25, 0.3) is 5.91 Å². The van der Waals surface area contributed by atoms with E-state index in [1.54, 1.807) is 0 Å². The van der Waals surface area contributed by atoms with E-state index in [0.29, 0.717) is 13.1 Å². The number of aryl methyl sites for hydroxylation is 1. The number of benzene rings is 1. The molecule has 2 saturated heterocycles. The summed E-state index contributed by atoms with van der Waals surface area (Å²) in [7, 11) is 0. The van der Waals surface area contributed by atoms with Gasteiger partial charge in [-0.15, -0.1) is 0 Å². The number of likely N-dealkylation sites (tertiary alicyclic amines) is 1. The third-order valence-corrected chi connectivity index (χ3v) is 5.69. The lowest BCUT2D eigenvalue weighted by atomic mass is 9.84. The van der Waals surface area contributed by atoms with Gasteiger partial charge < -0.3 is 5.32 Å². The molecule has 0 radical (unpaired) electrons. The minimum atomic E-state index is -0.847. The van der Waals surface area contributed by atoms with E-state index in [4.69, 9.17) is 0 Å². The lowest BCUT2D eigenvalue weighted by Gasteiger charge is -2.31. The van der Waals surface area contributed by atoms with E-state index in [-0.39, 0.29) is 11.9 Å². The van der Waals surface area contributed by atoms with Crippen LogP contribution in [-0.2, 0) is 16.8 Å². The fourth-order valence-electron chi connectivity index (χ4n) is 4.40. The molecule has 5 nitrogen and oxygen atoms in total. The van der Waals surface area contributed by atoms with Gasteiger partial charge in [-0.1, -0.05) is 30.7 Å². The topological polar surface area (TPSA) is 52.7 Å². The number of imide groups is 1. The van der Waals surface area contributed by atoms with Crippen LogP contribution in [0.3, 0.4) is 0 Å². The van der Waals surface area contributed by atoms with E-state index < -0.39 is 5.54 Å². The van der Waals surface area contributed by atoms with Crippen LogP contribution in [0.4, 0.5) is 4.79 Å². The summed E-state index contributed by atoms with van der Waals surface area (Å²) in [6, 6.07) is 7.86. The van der Waals surface area contributed by atoms with Gasteiger partial charge in [-0.3, -0.25) is 9.69 Å². The molecular formula is C19H25N3O2. The number of urea groups is 1. The van der Waals surface area contributed by atoms with Gasteiger partial charge >= 0.3 is 6.03 Å². The predicted octanol–water partition coefficient (Wildman–Crippen LogP) is 2.60. The summed E-state index contributed by atoms with van der Waals surface area (Å²) < 4.78 is 0. The van der Waals surface area contributed by atoms with E-state index in [9.17, 15) is 9.59 Å². The molecule has 1 spiro atoms. The van der Waals surface area contributed by atoms with Crippen LogP contribution in [0.15, 0.2) is 24.3 Å². The molecule has 4 rings (SSSR count). The fourth-order valence-corrected chi connectivity index (χ4v) is 4.40. The van der Waals surface area contributed by atoms with Crippen molar-refractivity contribution in [3.05, 3.63) is 35.4 Å². The van der Waals surface area contributed by atoms with E-state index in [1.807, 2.05) is 18.2 Å². The Balaban J connectivity index is 1.64. The number of hydrogen-bond donors (Lipinski definition) is 1. The standard InChI is InChI=1S/C19H25N3O2/c23-17-19(11-5-4-9-15-8-2-3-10-16(15)19)20-18(24)22(17)14-21-12-6-1-7-13-21/h2-3,8,10H,1,4-7,9,11-14H2,(H,20,24). The lowest BCUT2D eigenvalue weighted by Crippen LogP contribution is -2.46. The number of rotatable bonds is 2. The summed E-state index contributed by atoms with van der Waals surface area (Å²) >= 11 is 0. The highest BCUT2D eigenvalue weighted by atomic mass is 16.2. The van der Waals surface area contributed by atoms with Crippen molar-refractivity contribution >= 4 is 11.9 Å². The number of nitrogens with zero attached hydrogens (tertiary/aromatic N) is 2. The van der Waals surface area contributed by atoms with Crippen LogP contribution in [-0.4, -0.2) is 41.5 Å². The average molecular weight is 327 g/mol. The Hall–Kier alpha value is -1.88. The van der Waals surface area contributed by atoms with Crippen molar-refractivity contribution in [2.24, 2.45) is 0 Å². The van der Waals surface area contributed by atoms with E-state index in [0.717, 1.165) is 50.8 Å². The predicted molar refractivity (Wildman–Crippen MR) is 91.3 cm³/mol. The maximum absolute atomic E-state index is 13.3. The molecule has 24 heavy (non-hydrogen) atoms. The SMILES string of the molecule is O=C1NC2(CCCCc3ccccc32)C(=O)N1CN1CCCCC1. The van der Waals surface area contributed by atoms with Crippen LogP contribution in [0.25, 0.3) is 0 Å². The molecule has 1 N–H and O–H groups in total. The molecular weight excluding hydrogens is 302 g/mol. The van der Waals surface area contributed by atoms with Crippen molar-refractivity contribution in [1.82, 2.24) is 15.1 Å². The molecule has 1 aliphatic carbocycles. The van der Waals surface area contributed by atoms with Gasteiger partial charge in [-0.25, -0.2) is 9.69 Å². The Labute approximate surface area is 143 Å². The normalized spacial score (nSPS) is 27.9. The zero-order valence-corrected chi connectivity index (χ0v) is 14.1. The smallest absolute Gasteiger partial charge is 0.319 e. The third-order valence-electron chi connectivity index (χ3n) is 5.69. The molecule has 3 aliphatic rings. The molecule has 0 saturated carbocycles. The molecule has 1 aromatic carbocycles. The molecule has 1 aromatic rings. The highest BCUT2D eigenvalue weighted by Gasteiger charge is 2.53. The zero-order chi connectivity index (χ0) is 16.6. The van der Waals surface area contributed by atoms with Gasteiger partial charge in [-0.05, 0) is 62.7 Å². The number of carbonyl (C=O) groups excluding carboxylic acids is 2. The Kier molecular flexibility index (Phi) is 4.04. The van der Waals surface area contributed by atoms with E-state index in [2.05, 4.69) is 16.3 Å². The fraction of sp³-hybridized carbons (Fsp3) is 0.579. The summed E-state index contributed by atoms with van der Waals surface area (Å²) in [5.74, 6) is -0.0626. The number of fused-ring (bicyclic) bond motifs is 2. The zero-order valence-electron chi connectivity index (χ0n) is 14.1. The first kappa shape index (κ1) is 15.6. The highest BCUT2D eigenvalue weighted by molar-refractivity contribution is 6.07. The Bertz CT molecular complexity index is 654. The Morgan fingerprint density at radius 3 is 2.62 bits per heavy atom. The lowest BCUT2D eigenvalue weighted by molar-refractivity contribution is -0.133. The first-order chi connectivity index (χ1) is 11.7. The van der Waals surface area contributed by atoms with Crippen molar-refractivity contribution < 1.29 is 9.59 Å². The van der Waals surface area contributed by atoms with E-state index >= 15 is 0 Å². The quantitative estimate of drug-likeness (QED) is 0.850. The van der Waals surface area contributed by atoms with Crippen molar-refractivity contribution in [3.8, 4) is 0 Å². The number of piperidine rings is 1. The molecule has 128 valence electrons. The molecule has 3 amide bonds. The van der Waals surface area contributed by atoms with Crippen molar-refractivity contribution in [3.63, 3.8) is 0 Å². The Morgan fingerprint density at radius 2 is 1.79 bits per heavy atom. The number of hydrogen-bond acceptors (Lipinski definition) is 3. The first-order valence-corrected chi connectivity index (χ1v) is 9.15. The van der Waals surface area contributed by atoms with Gasteiger partial charge in [0, 0.05) is 0 Å². The van der Waals surface area contributed by atoms with Crippen LogP contribution in [0, 0.1) is 0 Å². The van der Waals surface area contributed by atoms with Crippen LogP contribution in [0.1, 0.15) is 49.7 Å². The summed E-state index contributed by atoms with van der Waals surface area (Å²) in [6.45, 7) is 2.37. The molecule has 0 aromatic heterocycles. The summed E-state index contributed by atoms with van der Waals surface area (Å²) in [5.41, 5.74) is 1.35. The Morgan fingerprint density at radius 1 is 1.00 bits per heavy atom. The summed E-state index contributed by atoms with van der Waals surface area (Å²) in [5, 5.41) is 3.07. The van der Waals surface area contributed by atoms with Crippen LogP contribution in [0.5, 0.6) is 0 Å².